The van der Waals surface area contributed by atoms with Crippen molar-refractivity contribution in [3.05, 3.63) is 17.2 Å². The van der Waals surface area contributed by atoms with Crippen LogP contribution in [0.25, 0.3) is 0 Å². The molecule has 6 heteroatoms. The molecule has 0 saturated carbocycles. The second-order valence-electron chi connectivity index (χ2n) is 2.82. The fourth-order valence-electron chi connectivity index (χ4n) is 0.988. The Kier molecular flexibility index (Phi) is 2.92. The molecule has 0 amide bonds. The Bertz CT molecular complexity index is 433. The highest BCUT2D eigenvalue weighted by Crippen LogP contribution is 2.29. The second-order valence-corrected chi connectivity index (χ2v) is 5.48. The van der Waals surface area contributed by atoms with Crippen LogP contribution in [0.4, 0.5) is 11.4 Å². The molecule has 1 aromatic rings. The Morgan fingerprint density at radius 1 is 1.29 bits per heavy atom. The van der Waals surface area contributed by atoms with E-state index in [0.717, 1.165) is 0 Å². The van der Waals surface area contributed by atoms with Gasteiger partial charge in [0.1, 0.15) is 0 Å². The van der Waals surface area contributed by atoms with E-state index in [1.807, 2.05) is 0 Å². The van der Waals surface area contributed by atoms with Crippen LogP contribution in [0.2, 0.25) is 5.02 Å². The van der Waals surface area contributed by atoms with Crippen molar-refractivity contribution in [3.8, 4) is 0 Å². The summed E-state index contributed by atoms with van der Waals surface area (Å²) in [6, 6.07) is 2.63. The zero-order valence-corrected chi connectivity index (χ0v) is 9.19. The third-order valence-corrected chi connectivity index (χ3v) is 3.99. The maximum Gasteiger partial charge on any atom is 0.178 e. The average Bonchev–Trinajstić information content (AvgIpc) is 2.13. The summed E-state index contributed by atoms with van der Waals surface area (Å²) >= 11 is 5.70. The van der Waals surface area contributed by atoms with Crippen molar-refractivity contribution in [3.63, 3.8) is 0 Å². The molecule has 0 fully saturated rings. The van der Waals surface area contributed by atoms with E-state index in [1.54, 1.807) is 6.92 Å². The quantitative estimate of drug-likeness (QED) is 0.756. The Labute approximate surface area is 87.8 Å². The lowest BCUT2D eigenvalue weighted by Crippen LogP contribution is -2.06. The van der Waals surface area contributed by atoms with E-state index < -0.39 is 9.84 Å². The van der Waals surface area contributed by atoms with Gasteiger partial charge in [-0.1, -0.05) is 18.5 Å². The average molecular weight is 235 g/mol. The van der Waals surface area contributed by atoms with Crippen molar-refractivity contribution in [2.24, 2.45) is 0 Å². The number of halogens is 1. The van der Waals surface area contributed by atoms with E-state index in [2.05, 4.69) is 0 Å². The van der Waals surface area contributed by atoms with Crippen LogP contribution in [0.15, 0.2) is 17.0 Å². The van der Waals surface area contributed by atoms with Gasteiger partial charge in [0.15, 0.2) is 9.84 Å². The molecule has 0 atom stereocenters. The lowest BCUT2D eigenvalue weighted by Gasteiger charge is -2.06. The van der Waals surface area contributed by atoms with Crippen LogP contribution < -0.4 is 11.5 Å². The van der Waals surface area contributed by atoms with Gasteiger partial charge in [0.2, 0.25) is 0 Å². The van der Waals surface area contributed by atoms with Gasteiger partial charge in [-0.25, -0.2) is 8.42 Å². The Morgan fingerprint density at radius 3 is 2.07 bits per heavy atom. The second kappa shape index (κ2) is 3.67. The molecule has 0 aliphatic carbocycles. The lowest BCUT2D eigenvalue weighted by molar-refractivity contribution is 0.597. The van der Waals surface area contributed by atoms with Gasteiger partial charge < -0.3 is 11.5 Å². The van der Waals surface area contributed by atoms with Crippen molar-refractivity contribution in [1.82, 2.24) is 0 Å². The minimum absolute atomic E-state index is 0.00745. The normalized spacial score (nSPS) is 11.6. The van der Waals surface area contributed by atoms with Crippen molar-refractivity contribution in [1.29, 1.82) is 0 Å². The first-order chi connectivity index (χ1) is 6.38. The summed E-state index contributed by atoms with van der Waals surface area (Å²) in [5, 5.41) is 0.194. The van der Waals surface area contributed by atoms with E-state index in [1.165, 1.54) is 12.1 Å². The maximum absolute atomic E-state index is 11.5. The molecule has 0 radical (unpaired) electrons. The fourth-order valence-corrected chi connectivity index (χ4v) is 2.04. The minimum Gasteiger partial charge on any atom is -0.397 e. The van der Waals surface area contributed by atoms with Crippen LogP contribution >= 0.6 is 11.6 Å². The Hall–Kier alpha value is -0.940. The summed E-state index contributed by atoms with van der Waals surface area (Å²) in [7, 11) is -3.28. The van der Waals surface area contributed by atoms with E-state index in [4.69, 9.17) is 23.1 Å². The van der Waals surface area contributed by atoms with Gasteiger partial charge >= 0.3 is 0 Å². The molecule has 0 bridgehead atoms. The monoisotopic (exact) mass is 234 g/mol. The topological polar surface area (TPSA) is 86.2 Å². The number of rotatable bonds is 2. The molecule has 14 heavy (non-hydrogen) atoms. The zero-order valence-electron chi connectivity index (χ0n) is 7.62. The molecule has 1 rings (SSSR count). The van der Waals surface area contributed by atoms with Gasteiger partial charge in [-0.15, -0.1) is 0 Å². The third-order valence-electron chi connectivity index (χ3n) is 1.84. The predicted octanol–water partition coefficient (Wildman–Crippen LogP) is 1.30. The first-order valence-corrected chi connectivity index (χ1v) is 5.98. The predicted molar refractivity (Wildman–Crippen MR) is 58.0 cm³/mol. The molecular formula is C8H11ClN2O2S. The molecule has 78 valence electrons. The number of nitrogen functional groups attached to an aromatic ring is 2. The van der Waals surface area contributed by atoms with E-state index in [-0.39, 0.29) is 27.0 Å². The molecule has 0 saturated heterocycles. The van der Waals surface area contributed by atoms with Crippen molar-refractivity contribution >= 4 is 32.8 Å². The summed E-state index contributed by atoms with van der Waals surface area (Å²) in [4.78, 5) is 0.111. The maximum atomic E-state index is 11.5. The summed E-state index contributed by atoms with van der Waals surface area (Å²) in [6.45, 7) is 1.55. The summed E-state index contributed by atoms with van der Waals surface area (Å²) < 4.78 is 22.9. The fraction of sp³-hybridized carbons (Fsp3) is 0.250. The largest absolute Gasteiger partial charge is 0.397 e. The molecule has 4 nitrogen and oxygen atoms in total. The number of benzene rings is 1. The number of nitrogens with two attached hydrogens (primary N) is 2. The summed E-state index contributed by atoms with van der Waals surface area (Å²) in [5.41, 5.74) is 11.4. The number of anilines is 2. The van der Waals surface area contributed by atoms with Gasteiger partial charge in [-0.05, 0) is 12.1 Å². The molecule has 0 aromatic heterocycles. The van der Waals surface area contributed by atoms with E-state index >= 15 is 0 Å². The van der Waals surface area contributed by atoms with Crippen LogP contribution in [-0.2, 0) is 9.84 Å². The molecule has 0 aliphatic rings. The smallest absolute Gasteiger partial charge is 0.178 e. The van der Waals surface area contributed by atoms with Gasteiger partial charge in [0.05, 0.1) is 27.0 Å². The molecule has 0 aliphatic heterocycles. The van der Waals surface area contributed by atoms with Gasteiger partial charge in [0.25, 0.3) is 0 Å². The molecule has 0 spiro atoms. The summed E-state index contributed by atoms with van der Waals surface area (Å²) in [6.07, 6.45) is 0. The van der Waals surface area contributed by atoms with E-state index in [9.17, 15) is 8.42 Å². The summed E-state index contributed by atoms with van der Waals surface area (Å²) in [5.74, 6) is 0.00745. The first-order valence-electron chi connectivity index (χ1n) is 3.95. The van der Waals surface area contributed by atoms with Crippen molar-refractivity contribution in [2.75, 3.05) is 17.2 Å². The van der Waals surface area contributed by atoms with Crippen LogP contribution in [0.5, 0.6) is 0 Å². The van der Waals surface area contributed by atoms with Crippen LogP contribution in [0, 0.1) is 0 Å². The van der Waals surface area contributed by atoms with Crippen LogP contribution in [-0.4, -0.2) is 14.2 Å². The number of sulfone groups is 1. The lowest BCUT2D eigenvalue weighted by atomic mass is 10.3. The molecule has 0 unspecified atom stereocenters. The minimum atomic E-state index is -3.28. The standard InChI is InChI=1S/C8H11ClN2O2S/c1-2-14(12,13)5-3-6(10)8(9)7(11)4-5/h3-4H,2,10-11H2,1H3. The van der Waals surface area contributed by atoms with Crippen LogP contribution in [0.3, 0.4) is 0 Å². The Balaban J connectivity index is 3.41. The SMILES string of the molecule is CCS(=O)(=O)c1cc(N)c(Cl)c(N)c1. The molecular weight excluding hydrogens is 224 g/mol. The molecule has 1 aromatic carbocycles. The third kappa shape index (κ3) is 1.93. The van der Waals surface area contributed by atoms with Crippen molar-refractivity contribution in [2.45, 2.75) is 11.8 Å². The number of hydrogen-bond donors (Lipinski definition) is 2. The molecule has 4 N–H and O–H groups in total. The molecule has 0 heterocycles. The van der Waals surface area contributed by atoms with Gasteiger partial charge in [-0.3, -0.25) is 0 Å². The highest BCUT2D eigenvalue weighted by Gasteiger charge is 2.14. The first kappa shape index (κ1) is 11.1. The number of hydrogen-bond acceptors (Lipinski definition) is 4. The van der Waals surface area contributed by atoms with Crippen molar-refractivity contribution < 1.29 is 8.42 Å². The van der Waals surface area contributed by atoms with Gasteiger partial charge in [0, 0.05) is 0 Å². The highest BCUT2D eigenvalue weighted by molar-refractivity contribution is 7.91. The zero-order chi connectivity index (χ0) is 10.9. The van der Waals surface area contributed by atoms with E-state index in [0.29, 0.717) is 0 Å². The van der Waals surface area contributed by atoms with Crippen LogP contribution in [0.1, 0.15) is 6.92 Å². The highest BCUT2D eigenvalue weighted by atomic mass is 35.5. The van der Waals surface area contributed by atoms with Gasteiger partial charge in [-0.2, -0.15) is 0 Å². The Morgan fingerprint density at radius 2 is 1.71 bits per heavy atom.